The lowest BCUT2D eigenvalue weighted by Gasteiger charge is -2.37. The molecule has 116 valence electrons. The van der Waals surface area contributed by atoms with Gasteiger partial charge in [0, 0.05) is 12.6 Å². The number of urea groups is 1. The summed E-state index contributed by atoms with van der Waals surface area (Å²) in [5, 5.41) is 6.17. The smallest absolute Gasteiger partial charge is 0.315 e. The number of hydrogen-bond acceptors (Lipinski definition) is 1. The monoisotopic (exact) mass is 288 g/mol. The number of carbonyl (C=O) groups is 1. The van der Waals surface area contributed by atoms with Crippen molar-refractivity contribution in [2.24, 2.45) is 17.8 Å². The third-order valence-corrected chi connectivity index (χ3v) is 4.63. The third-order valence-electron chi connectivity index (χ3n) is 4.63. The molecule has 1 aliphatic rings. The molecule has 0 spiro atoms. The first-order chi connectivity index (χ1) is 10.1. The molecule has 0 aromatic heterocycles. The highest BCUT2D eigenvalue weighted by Gasteiger charge is 2.31. The Morgan fingerprint density at radius 1 is 1.24 bits per heavy atom. The van der Waals surface area contributed by atoms with Gasteiger partial charge in [-0.25, -0.2) is 4.79 Å². The van der Waals surface area contributed by atoms with Crippen molar-refractivity contribution in [2.45, 2.75) is 52.6 Å². The van der Waals surface area contributed by atoms with Gasteiger partial charge in [-0.2, -0.15) is 0 Å². The fourth-order valence-electron chi connectivity index (χ4n) is 3.37. The van der Waals surface area contributed by atoms with Crippen molar-refractivity contribution >= 4 is 6.03 Å². The van der Waals surface area contributed by atoms with Gasteiger partial charge in [-0.15, -0.1) is 0 Å². The third kappa shape index (κ3) is 4.76. The quantitative estimate of drug-likeness (QED) is 0.865. The highest BCUT2D eigenvalue weighted by molar-refractivity contribution is 5.74. The maximum absolute atomic E-state index is 12.1. The molecule has 3 atom stereocenters. The second-order valence-electron chi connectivity index (χ2n) is 6.75. The maximum atomic E-state index is 12.1. The summed E-state index contributed by atoms with van der Waals surface area (Å²) in [6.07, 6.45) is 3.61. The van der Waals surface area contributed by atoms with Crippen LogP contribution in [0, 0.1) is 17.8 Å². The molecule has 21 heavy (non-hydrogen) atoms. The van der Waals surface area contributed by atoms with E-state index < -0.39 is 0 Å². The summed E-state index contributed by atoms with van der Waals surface area (Å²) in [6, 6.07) is 10.3. The lowest BCUT2D eigenvalue weighted by molar-refractivity contribution is 0.168. The molecule has 2 N–H and O–H groups in total. The van der Waals surface area contributed by atoms with Crippen LogP contribution in [0.3, 0.4) is 0 Å². The number of carbonyl (C=O) groups excluding carboxylic acids is 1. The van der Waals surface area contributed by atoms with E-state index in [-0.39, 0.29) is 6.03 Å². The normalized spacial score (nSPS) is 25.6. The summed E-state index contributed by atoms with van der Waals surface area (Å²) in [6.45, 7) is 7.39. The van der Waals surface area contributed by atoms with E-state index in [1.165, 1.54) is 12.8 Å². The summed E-state index contributed by atoms with van der Waals surface area (Å²) in [5.41, 5.74) is 1.13. The van der Waals surface area contributed by atoms with Crippen LogP contribution < -0.4 is 10.6 Å². The van der Waals surface area contributed by atoms with E-state index >= 15 is 0 Å². The highest BCUT2D eigenvalue weighted by Crippen LogP contribution is 2.33. The first-order valence-electron chi connectivity index (χ1n) is 8.14. The number of rotatable bonds is 4. The molecule has 2 amide bonds. The second-order valence-corrected chi connectivity index (χ2v) is 6.75. The molecule has 1 aliphatic carbocycles. The molecule has 0 heterocycles. The van der Waals surface area contributed by atoms with Gasteiger partial charge in [0.15, 0.2) is 0 Å². The molecule has 1 aromatic rings. The van der Waals surface area contributed by atoms with Gasteiger partial charge in [-0.05, 0) is 36.2 Å². The topological polar surface area (TPSA) is 41.1 Å². The van der Waals surface area contributed by atoms with Crippen LogP contribution >= 0.6 is 0 Å². The van der Waals surface area contributed by atoms with Crippen molar-refractivity contribution in [1.29, 1.82) is 0 Å². The fourth-order valence-corrected chi connectivity index (χ4v) is 3.37. The van der Waals surface area contributed by atoms with Crippen molar-refractivity contribution in [2.75, 3.05) is 0 Å². The lowest BCUT2D eigenvalue weighted by Crippen LogP contribution is -2.49. The van der Waals surface area contributed by atoms with Crippen molar-refractivity contribution in [3.63, 3.8) is 0 Å². The highest BCUT2D eigenvalue weighted by atomic mass is 16.2. The summed E-state index contributed by atoms with van der Waals surface area (Å²) < 4.78 is 0. The molecule has 3 heteroatoms. The zero-order valence-electron chi connectivity index (χ0n) is 13.4. The molecule has 2 rings (SSSR count). The van der Waals surface area contributed by atoms with E-state index in [1.807, 2.05) is 30.3 Å². The van der Waals surface area contributed by atoms with Gasteiger partial charge < -0.3 is 10.6 Å². The Morgan fingerprint density at radius 2 is 1.95 bits per heavy atom. The number of nitrogens with one attached hydrogen (secondary N) is 2. The number of hydrogen-bond donors (Lipinski definition) is 2. The van der Waals surface area contributed by atoms with Gasteiger partial charge in [0.25, 0.3) is 0 Å². The Morgan fingerprint density at radius 3 is 2.62 bits per heavy atom. The zero-order valence-corrected chi connectivity index (χ0v) is 13.4. The largest absolute Gasteiger partial charge is 0.335 e. The van der Waals surface area contributed by atoms with Gasteiger partial charge >= 0.3 is 6.03 Å². The molecule has 0 saturated heterocycles. The average Bonchev–Trinajstić information content (AvgIpc) is 2.46. The van der Waals surface area contributed by atoms with E-state index in [2.05, 4.69) is 31.4 Å². The molecule has 3 nitrogen and oxygen atoms in total. The van der Waals surface area contributed by atoms with Crippen LogP contribution in [0.1, 0.15) is 45.6 Å². The van der Waals surface area contributed by atoms with Crippen molar-refractivity contribution in [3.8, 4) is 0 Å². The number of benzene rings is 1. The standard InChI is InChI=1S/C18H28N2O/c1-13(2)16-10-9-14(3)11-17(16)20-18(21)19-12-15-7-5-4-6-8-15/h4-8,13-14,16-17H,9-12H2,1-3H3,(H2,19,20,21)/t14-,16+,17+/m1/s1. The van der Waals surface area contributed by atoms with Crippen molar-refractivity contribution in [1.82, 2.24) is 10.6 Å². The minimum atomic E-state index is -0.0383. The molecule has 1 saturated carbocycles. The number of amides is 2. The molecule has 0 aliphatic heterocycles. The Hall–Kier alpha value is -1.51. The van der Waals surface area contributed by atoms with E-state index in [4.69, 9.17) is 0 Å². The molecule has 0 radical (unpaired) electrons. The van der Waals surface area contributed by atoms with Crippen molar-refractivity contribution in [3.05, 3.63) is 35.9 Å². The minimum absolute atomic E-state index is 0.0383. The van der Waals surface area contributed by atoms with E-state index in [0.29, 0.717) is 30.3 Å². The zero-order chi connectivity index (χ0) is 15.2. The summed E-state index contributed by atoms with van der Waals surface area (Å²) in [5.74, 6) is 1.93. The van der Waals surface area contributed by atoms with Crippen molar-refractivity contribution < 1.29 is 4.79 Å². The van der Waals surface area contributed by atoms with Gasteiger partial charge in [0.1, 0.15) is 0 Å². The first-order valence-corrected chi connectivity index (χ1v) is 8.14. The van der Waals surface area contributed by atoms with Crippen LogP contribution in [0.2, 0.25) is 0 Å². The molecule has 0 bridgehead atoms. The SMILES string of the molecule is CC(C)[C@@H]1CC[C@@H](C)C[C@@H]1NC(=O)NCc1ccccc1. The molecular weight excluding hydrogens is 260 g/mol. The Kier molecular flexibility index (Phi) is 5.66. The Balaban J connectivity index is 1.85. The summed E-state index contributed by atoms with van der Waals surface area (Å²) >= 11 is 0. The van der Waals surface area contributed by atoms with Gasteiger partial charge in [0.05, 0.1) is 0 Å². The minimum Gasteiger partial charge on any atom is -0.335 e. The van der Waals surface area contributed by atoms with Crippen LogP contribution in [0.4, 0.5) is 4.79 Å². The van der Waals surface area contributed by atoms with Crippen LogP contribution in [0.5, 0.6) is 0 Å². The molecule has 1 fully saturated rings. The predicted molar refractivity (Wildman–Crippen MR) is 86.9 cm³/mol. The average molecular weight is 288 g/mol. The van der Waals surface area contributed by atoms with Gasteiger partial charge in [-0.1, -0.05) is 57.5 Å². The van der Waals surface area contributed by atoms with E-state index in [9.17, 15) is 4.79 Å². The van der Waals surface area contributed by atoms with Gasteiger partial charge in [0.2, 0.25) is 0 Å². The summed E-state index contributed by atoms with van der Waals surface area (Å²) in [4.78, 5) is 12.1. The summed E-state index contributed by atoms with van der Waals surface area (Å²) in [7, 11) is 0. The first kappa shape index (κ1) is 15.9. The Bertz CT molecular complexity index is 444. The van der Waals surface area contributed by atoms with Gasteiger partial charge in [-0.3, -0.25) is 0 Å². The van der Waals surface area contributed by atoms with Crippen LogP contribution in [0.25, 0.3) is 0 Å². The Labute approximate surface area is 128 Å². The fraction of sp³-hybridized carbons (Fsp3) is 0.611. The van der Waals surface area contributed by atoms with Crippen LogP contribution in [-0.4, -0.2) is 12.1 Å². The predicted octanol–water partition coefficient (Wildman–Crippen LogP) is 3.95. The molecule has 0 unspecified atom stereocenters. The second kappa shape index (κ2) is 7.48. The van der Waals surface area contributed by atoms with E-state index in [1.54, 1.807) is 0 Å². The van der Waals surface area contributed by atoms with E-state index in [0.717, 1.165) is 12.0 Å². The van der Waals surface area contributed by atoms with Crippen LogP contribution in [0.15, 0.2) is 30.3 Å². The molecular formula is C18H28N2O. The molecule has 1 aromatic carbocycles. The van der Waals surface area contributed by atoms with Crippen LogP contribution in [-0.2, 0) is 6.54 Å². The lowest BCUT2D eigenvalue weighted by atomic mass is 9.74. The maximum Gasteiger partial charge on any atom is 0.315 e.